The van der Waals surface area contributed by atoms with Gasteiger partial charge in [-0.3, -0.25) is 4.90 Å². The summed E-state index contributed by atoms with van der Waals surface area (Å²) < 4.78 is 16.1. The van der Waals surface area contributed by atoms with Crippen LogP contribution in [0.4, 0.5) is 0 Å². The molecule has 4 nitrogen and oxygen atoms in total. The van der Waals surface area contributed by atoms with Crippen molar-refractivity contribution in [1.82, 2.24) is 4.90 Å². The van der Waals surface area contributed by atoms with Crippen molar-refractivity contribution in [3.63, 3.8) is 0 Å². The maximum absolute atomic E-state index is 5.35. The highest BCUT2D eigenvalue weighted by molar-refractivity contribution is 4.56. The second-order valence-corrected chi connectivity index (χ2v) is 3.43. The third-order valence-corrected chi connectivity index (χ3v) is 2.27. The predicted molar refractivity (Wildman–Crippen MR) is 65.9 cm³/mol. The summed E-state index contributed by atoms with van der Waals surface area (Å²) in [5.74, 6) is 0. The Morgan fingerprint density at radius 2 is 0.938 bits per heavy atom. The molecule has 0 atom stereocenters. The first-order valence-corrected chi connectivity index (χ1v) is 6.30. The zero-order valence-electron chi connectivity index (χ0n) is 11.0. The van der Waals surface area contributed by atoms with Gasteiger partial charge in [0.25, 0.3) is 0 Å². The van der Waals surface area contributed by atoms with Crippen LogP contribution in [0.3, 0.4) is 0 Å². The van der Waals surface area contributed by atoms with Crippen LogP contribution in [0.5, 0.6) is 0 Å². The Morgan fingerprint density at radius 3 is 1.19 bits per heavy atom. The second kappa shape index (κ2) is 12.9. The summed E-state index contributed by atoms with van der Waals surface area (Å²) in [5, 5.41) is 0. The largest absolute Gasteiger partial charge is 0.380 e. The fraction of sp³-hybridized carbons (Fsp3) is 1.00. The van der Waals surface area contributed by atoms with Crippen LogP contribution in [0, 0.1) is 0 Å². The zero-order chi connectivity index (χ0) is 12.1. The molecule has 0 unspecified atom stereocenters. The summed E-state index contributed by atoms with van der Waals surface area (Å²) >= 11 is 0. The van der Waals surface area contributed by atoms with Gasteiger partial charge in [0.2, 0.25) is 0 Å². The van der Waals surface area contributed by atoms with Gasteiger partial charge in [-0.15, -0.1) is 0 Å². The van der Waals surface area contributed by atoms with Gasteiger partial charge in [-0.05, 0) is 20.8 Å². The normalized spacial score (nSPS) is 11.2. The Balaban J connectivity index is 3.58. The maximum atomic E-state index is 5.35. The van der Waals surface area contributed by atoms with Gasteiger partial charge in [-0.2, -0.15) is 0 Å². The lowest BCUT2D eigenvalue weighted by Crippen LogP contribution is -2.34. The Labute approximate surface area is 99.9 Å². The molecule has 16 heavy (non-hydrogen) atoms. The standard InChI is InChI=1S/C12H27NO3/c1-4-14-10-7-13(8-11-15-5-2)9-12-16-6-3/h4-12H2,1-3H3. The van der Waals surface area contributed by atoms with Crippen molar-refractivity contribution in [3.8, 4) is 0 Å². The van der Waals surface area contributed by atoms with E-state index in [2.05, 4.69) is 4.90 Å². The fourth-order valence-corrected chi connectivity index (χ4v) is 1.35. The molecule has 0 aliphatic heterocycles. The minimum atomic E-state index is 0.782. The third kappa shape index (κ3) is 10.4. The van der Waals surface area contributed by atoms with Crippen molar-refractivity contribution in [3.05, 3.63) is 0 Å². The van der Waals surface area contributed by atoms with Gasteiger partial charge >= 0.3 is 0 Å². The van der Waals surface area contributed by atoms with Gasteiger partial charge in [0, 0.05) is 39.5 Å². The van der Waals surface area contributed by atoms with Gasteiger partial charge in [0.05, 0.1) is 19.8 Å². The first-order chi connectivity index (χ1) is 7.85. The Bertz CT molecular complexity index is 110. The van der Waals surface area contributed by atoms with Crippen LogP contribution in [0.2, 0.25) is 0 Å². The molecule has 0 heterocycles. The van der Waals surface area contributed by atoms with E-state index in [1.54, 1.807) is 0 Å². The Hall–Kier alpha value is -0.160. The van der Waals surface area contributed by atoms with E-state index in [1.807, 2.05) is 20.8 Å². The van der Waals surface area contributed by atoms with Gasteiger partial charge in [0.15, 0.2) is 0 Å². The minimum absolute atomic E-state index is 0.782. The highest BCUT2D eigenvalue weighted by Crippen LogP contribution is 1.91. The molecule has 0 bridgehead atoms. The lowest BCUT2D eigenvalue weighted by Gasteiger charge is -2.21. The predicted octanol–water partition coefficient (Wildman–Crippen LogP) is 1.40. The van der Waals surface area contributed by atoms with Crippen molar-refractivity contribution < 1.29 is 14.2 Å². The first-order valence-electron chi connectivity index (χ1n) is 6.30. The molecule has 0 amide bonds. The quantitative estimate of drug-likeness (QED) is 0.477. The highest BCUT2D eigenvalue weighted by atomic mass is 16.5. The van der Waals surface area contributed by atoms with Crippen molar-refractivity contribution >= 4 is 0 Å². The molecule has 0 saturated heterocycles. The van der Waals surface area contributed by atoms with E-state index < -0.39 is 0 Å². The summed E-state index contributed by atoms with van der Waals surface area (Å²) in [7, 11) is 0. The SMILES string of the molecule is CCOCCN(CCOCC)CCOCC. The van der Waals surface area contributed by atoms with E-state index in [9.17, 15) is 0 Å². The van der Waals surface area contributed by atoms with Gasteiger partial charge < -0.3 is 14.2 Å². The smallest absolute Gasteiger partial charge is 0.0593 e. The van der Waals surface area contributed by atoms with E-state index in [4.69, 9.17) is 14.2 Å². The van der Waals surface area contributed by atoms with Gasteiger partial charge in [0.1, 0.15) is 0 Å². The lowest BCUT2D eigenvalue weighted by molar-refractivity contribution is 0.0605. The van der Waals surface area contributed by atoms with E-state index >= 15 is 0 Å². The van der Waals surface area contributed by atoms with E-state index in [-0.39, 0.29) is 0 Å². The van der Waals surface area contributed by atoms with Gasteiger partial charge in [-0.1, -0.05) is 0 Å². The maximum Gasteiger partial charge on any atom is 0.0593 e. The van der Waals surface area contributed by atoms with Crippen LogP contribution in [0.25, 0.3) is 0 Å². The molecule has 0 saturated carbocycles. The summed E-state index contributed by atoms with van der Waals surface area (Å²) in [6, 6.07) is 0. The average Bonchev–Trinajstić information content (AvgIpc) is 2.29. The second-order valence-electron chi connectivity index (χ2n) is 3.43. The zero-order valence-corrected chi connectivity index (χ0v) is 11.0. The van der Waals surface area contributed by atoms with Crippen LogP contribution in [-0.2, 0) is 14.2 Å². The molecule has 0 radical (unpaired) electrons. The van der Waals surface area contributed by atoms with Gasteiger partial charge in [-0.25, -0.2) is 0 Å². The van der Waals surface area contributed by atoms with Crippen molar-refractivity contribution in [1.29, 1.82) is 0 Å². The number of nitrogens with zero attached hydrogens (tertiary/aromatic N) is 1. The molecule has 0 aromatic rings. The van der Waals surface area contributed by atoms with Crippen molar-refractivity contribution in [2.24, 2.45) is 0 Å². The average molecular weight is 233 g/mol. The molecule has 4 heteroatoms. The highest BCUT2D eigenvalue weighted by Gasteiger charge is 2.04. The molecule has 0 fully saturated rings. The molecular weight excluding hydrogens is 206 g/mol. The molecule has 0 spiro atoms. The van der Waals surface area contributed by atoms with E-state index in [0.717, 1.165) is 59.3 Å². The molecule has 0 N–H and O–H groups in total. The summed E-state index contributed by atoms with van der Waals surface area (Å²) in [6.07, 6.45) is 0. The van der Waals surface area contributed by atoms with Crippen molar-refractivity contribution in [2.45, 2.75) is 20.8 Å². The van der Waals surface area contributed by atoms with Crippen molar-refractivity contribution in [2.75, 3.05) is 59.3 Å². The first kappa shape index (κ1) is 15.8. The summed E-state index contributed by atoms with van der Waals surface area (Å²) in [5.41, 5.74) is 0. The summed E-state index contributed by atoms with van der Waals surface area (Å²) in [4.78, 5) is 2.32. The van der Waals surface area contributed by atoms with Crippen LogP contribution in [-0.4, -0.2) is 64.2 Å². The van der Waals surface area contributed by atoms with Crippen LogP contribution < -0.4 is 0 Å². The molecular formula is C12H27NO3. The molecule has 0 aliphatic carbocycles. The molecule has 0 aromatic carbocycles. The van der Waals surface area contributed by atoms with E-state index in [0.29, 0.717) is 0 Å². The number of hydrogen-bond acceptors (Lipinski definition) is 4. The summed E-state index contributed by atoms with van der Waals surface area (Å²) in [6.45, 7) is 13.6. The molecule has 98 valence electrons. The van der Waals surface area contributed by atoms with Crippen LogP contribution in [0.15, 0.2) is 0 Å². The number of hydrogen-bond donors (Lipinski definition) is 0. The van der Waals surface area contributed by atoms with E-state index in [1.165, 1.54) is 0 Å². The molecule has 0 rings (SSSR count). The fourth-order valence-electron chi connectivity index (χ4n) is 1.35. The van der Waals surface area contributed by atoms with Crippen LogP contribution in [0.1, 0.15) is 20.8 Å². The topological polar surface area (TPSA) is 30.9 Å². The Kier molecular flexibility index (Phi) is 12.8. The minimum Gasteiger partial charge on any atom is -0.380 e. The number of rotatable bonds is 12. The third-order valence-electron chi connectivity index (χ3n) is 2.27. The molecule has 0 aromatic heterocycles. The lowest BCUT2D eigenvalue weighted by atomic mass is 10.4. The Morgan fingerprint density at radius 1 is 0.625 bits per heavy atom. The van der Waals surface area contributed by atoms with Crippen LogP contribution >= 0.6 is 0 Å². The molecule has 0 aliphatic rings. The number of ether oxygens (including phenoxy) is 3. The monoisotopic (exact) mass is 233 g/mol.